The molecule has 0 aromatic heterocycles. The van der Waals surface area contributed by atoms with E-state index in [1.807, 2.05) is 0 Å². The van der Waals surface area contributed by atoms with Crippen molar-refractivity contribution >= 4 is 18.0 Å². The Hall–Kier alpha value is -3.84. The molecule has 0 unspecified atom stereocenters. The molecule has 12 nitrogen and oxygen atoms in total. The smallest absolute Gasteiger partial charge is 0.340 e. The zero-order valence-corrected chi connectivity index (χ0v) is 17.4. The first-order chi connectivity index (χ1) is 16.1. The standard InChI is InChI=1S/C22H22O12/c23-9-15-18(29)19(30)20(33-16(27)6-3-10-1-4-12(24)5-2-10)22(32-15)34-21(31)11-7-13(25)17(28)14(26)8-11/h1-8,15,18-20,22-26,28-30H,9H2/t15-,18-,19+,20-,22+/m1/s1. The number of phenols is 4. The van der Waals surface area contributed by atoms with Crippen molar-refractivity contribution in [3.05, 3.63) is 53.6 Å². The summed E-state index contributed by atoms with van der Waals surface area (Å²) in [7, 11) is 0. The molecule has 2 aromatic carbocycles. The summed E-state index contributed by atoms with van der Waals surface area (Å²) in [4.78, 5) is 24.8. The molecule has 5 atom stereocenters. The fourth-order valence-corrected chi connectivity index (χ4v) is 3.10. The number of aliphatic hydroxyl groups is 3. The summed E-state index contributed by atoms with van der Waals surface area (Å²) in [5.74, 6) is -4.69. The Morgan fingerprint density at radius 1 is 0.941 bits per heavy atom. The van der Waals surface area contributed by atoms with Crippen molar-refractivity contribution in [2.24, 2.45) is 0 Å². The molecular formula is C22H22O12. The third-order valence-corrected chi connectivity index (χ3v) is 4.91. The minimum atomic E-state index is -1.82. The van der Waals surface area contributed by atoms with Crippen LogP contribution < -0.4 is 0 Å². The molecule has 1 saturated heterocycles. The molecular weight excluding hydrogens is 456 g/mol. The number of aliphatic hydroxyl groups excluding tert-OH is 3. The van der Waals surface area contributed by atoms with Gasteiger partial charge in [0, 0.05) is 6.08 Å². The minimum absolute atomic E-state index is 0.0227. The molecule has 12 heteroatoms. The molecule has 1 fully saturated rings. The number of ether oxygens (including phenoxy) is 3. The fraction of sp³-hybridized carbons (Fsp3) is 0.273. The zero-order valence-electron chi connectivity index (χ0n) is 17.4. The van der Waals surface area contributed by atoms with Crippen LogP contribution in [0, 0.1) is 0 Å². The van der Waals surface area contributed by atoms with Crippen LogP contribution in [0.2, 0.25) is 0 Å². The first-order valence-corrected chi connectivity index (χ1v) is 9.86. The van der Waals surface area contributed by atoms with Gasteiger partial charge in [0.25, 0.3) is 0 Å². The summed E-state index contributed by atoms with van der Waals surface area (Å²) in [5.41, 5.74) is 0.111. The summed E-state index contributed by atoms with van der Waals surface area (Å²) in [5, 5.41) is 67.8. The summed E-state index contributed by atoms with van der Waals surface area (Å²) in [6, 6.07) is 7.39. The van der Waals surface area contributed by atoms with E-state index in [-0.39, 0.29) is 5.75 Å². The van der Waals surface area contributed by atoms with E-state index < -0.39 is 72.1 Å². The SMILES string of the molecule is O=C(C=Cc1ccc(O)cc1)O[C@H]1[C@H](OC(=O)c2cc(O)c(O)c(O)c2)O[C@H](CO)[C@@H](O)[C@@H]1O. The van der Waals surface area contributed by atoms with Crippen LogP contribution in [0.15, 0.2) is 42.5 Å². The normalized spacial score (nSPS) is 24.6. The van der Waals surface area contributed by atoms with Gasteiger partial charge in [0.15, 0.2) is 23.4 Å². The van der Waals surface area contributed by atoms with Crippen molar-refractivity contribution < 1.29 is 59.5 Å². The molecule has 2 aromatic rings. The average Bonchev–Trinajstić information content (AvgIpc) is 2.81. The predicted molar refractivity (Wildman–Crippen MR) is 112 cm³/mol. The number of carbonyl (C=O) groups is 2. The van der Waals surface area contributed by atoms with Gasteiger partial charge in [-0.1, -0.05) is 12.1 Å². The Balaban J connectivity index is 1.78. The molecule has 1 aliphatic heterocycles. The molecule has 0 aliphatic carbocycles. The largest absolute Gasteiger partial charge is 0.508 e. The maximum atomic E-state index is 12.5. The van der Waals surface area contributed by atoms with E-state index in [2.05, 4.69) is 0 Å². The lowest BCUT2D eigenvalue weighted by Gasteiger charge is -2.40. The molecule has 3 rings (SSSR count). The lowest BCUT2D eigenvalue weighted by molar-refractivity contribution is -0.288. The quantitative estimate of drug-likeness (QED) is 0.163. The summed E-state index contributed by atoms with van der Waals surface area (Å²) in [6.07, 6.45) is -6.11. The summed E-state index contributed by atoms with van der Waals surface area (Å²) >= 11 is 0. The highest BCUT2D eigenvalue weighted by Crippen LogP contribution is 2.36. The van der Waals surface area contributed by atoms with E-state index >= 15 is 0 Å². The van der Waals surface area contributed by atoms with Crippen LogP contribution in [0.1, 0.15) is 15.9 Å². The number of aromatic hydroxyl groups is 4. The van der Waals surface area contributed by atoms with Crippen LogP contribution in [0.3, 0.4) is 0 Å². The lowest BCUT2D eigenvalue weighted by Crippen LogP contribution is -2.60. The average molecular weight is 478 g/mol. The molecule has 0 amide bonds. The monoisotopic (exact) mass is 478 g/mol. The van der Waals surface area contributed by atoms with E-state index in [0.717, 1.165) is 18.2 Å². The number of rotatable bonds is 6. The third kappa shape index (κ3) is 5.55. The fourth-order valence-electron chi connectivity index (χ4n) is 3.10. The van der Waals surface area contributed by atoms with Gasteiger partial charge in [-0.3, -0.25) is 0 Å². The molecule has 0 bridgehead atoms. The highest BCUT2D eigenvalue weighted by molar-refractivity contribution is 5.91. The predicted octanol–water partition coefficient (Wildman–Crippen LogP) is -0.270. The van der Waals surface area contributed by atoms with Gasteiger partial charge in [-0.2, -0.15) is 0 Å². The molecule has 0 saturated carbocycles. The highest BCUT2D eigenvalue weighted by atomic mass is 16.7. The Kier molecular flexibility index (Phi) is 7.58. The Labute approximate surface area is 192 Å². The first kappa shape index (κ1) is 24.8. The number of phenolic OH excluding ortho intramolecular Hbond substituents is 4. The second-order valence-corrected chi connectivity index (χ2v) is 7.30. The van der Waals surface area contributed by atoms with Gasteiger partial charge in [0.05, 0.1) is 12.2 Å². The second kappa shape index (κ2) is 10.4. The van der Waals surface area contributed by atoms with Crippen LogP contribution in [0.5, 0.6) is 23.0 Å². The number of esters is 2. The molecule has 1 heterocycles. The Morgan fingerprint density at radius 3 is 2.15 bits per heavy atom. The van der Waals surface area contributed by atoms with Gasteiger partial charge < -0.3 is 50.0 Å². The Morgan fingerprint density at radius 2 is 1.56 bits per heavy atom. The van der Waals surface area contributed by atoms with Gasteiger partial charge in [0.1, 0.15) is 24.1 Å². The van der Waals surface area contributed by atoms with E-state index in [4.69, 9.17) is 14.2 Å². The maximum absolute atomic E-state index is 12.5. The van der Waals surface area contributed by atoms with Gasteiger partial charge in [0.2, 0.25) is 6.29 Å². The number of benzene rings is 2. The molecule has 1 aliphatic rings. The topological polar surface area (TPSA) is 203 Å². The minimum Gasteiger partial charge on any atom is -0.508 e. The van der Waals surface area contributed by atoms with E-state index in [0.29, 0.717) is 5.56 Å². The van der Waals surface area contributed by atoms with Crippen LogP contribution >= 0.6 is 0 Å². The maximum Gasteiger partial charge on any atom is 0.340 e. The third-order valence-electron chi connectivity index (χ3n) is 4.91. The highest BCUT2D eigenvalue weighted by Gasteiger charge is 2.48. The van der Waals surface area contributed by atoms with Crippen LogP contribution in [0.4, 0.5) is 0 Å². The van der Waals surface area contributed by atoms with Crippen molar-refractivity contribution in [3.63, 3.8) is 0 Å². The van der Waals surface area contributed by atoms with Crippen molar-refractivity contribution in [1.29, 1.82) is 0 Å². The van der Waals surface area contributed by atoms with Crippen molar-refractivity contribution in [2.45, 2.75) is 30.7 Å². The molecule has 0 spiro atoms. The second-order valence-electron chi connectivity index (χ2n) is 7.30. The number of hydrogen-bond donors (Lipinski definition) is 7. The van der Waals surface area contributed by atoms with Gasteiger partial charge in [-0.25, -0.2) is 9.59 Å². The van der Waals surface area contributed by atoms with Gasteiger partial charge >= 0.3 is 11.9 Å². The van der Waals surface area contributed by atoms with Gasteiger partial charge in [-0.15, -0.1) is 0 Å². The number of carbonyl (C=O) groups excluding carboxylic acids is 2. The number of hydrogen-bond acceptors (Lipinski definition) is 12. The van der Waals surface area contributed by atoms with Crippen molar-refractivity contribution in [2.75, 3.05) is 6.61 Å². The van der Waals surface area contributed by atoms with Crippen LogP contribution in [-0.4, -0.2) is 85.0 Å². The molecule has 182 valence electrons. The Bertz CT molecular complexity index is 1040. The van der Waals surface area contributed by atoms with Crippen LogP contribution in [0.25, 0.3) is 6.08 Å². The van der Waals surface area contributed by atoms with Gasteiger partial charge in [-0.05, 0) is 35.9 Å². The lowest BCUT2D eigenvalue weighted by atomic mass is 9.99. The van der Waals surface area contributed by atoms with E-state index in [1.54, 1.807) is 0 Å². The molecule has 0 radical (unpaired) electrons. The first-order valence-electron chi connectivity index (χ1n) is 9.86. The van der Waals surface area contributed by atoms with Crippen molar-refractivity contribution in [3.8, 4) is 23.0 Å². The van der Waals surface area contributed by atoms with Crippen LogP contribution in [-0.2, 0) is 19.0 Å². The van der Waals surface area contributed by atoms with E-state index in [9.17, 15) is 45.3 Å². The summed E-state index contributed by atoms with van der Waals surface area (Å²) < 4.78 is 15.5. The van der Waals surface area contributed by atoms with Crippen molar-refractivity contribution in [1.82, 2.24) is 0 Å². The molecule has 34 heavy (non-hydrogen) atoms. The molecule has 7 N–H and O–H groups in total. The summed E-state index contributed by atoms with van der Waals surface area (Å²) in [6.45, 7) is -0.769. The van der Waals surface area contributed by atoms with E-state index in [1.165, 1.54) is 30.3 Å². The zero-order chi connectivity index (χ0) is 25.0.